The molecule has 1 aliphatic carbocycles. The van der Waals surface area contributed by atoms with E-state index >= 15 is 0 Å². The third-order valence-corrected chi connectivity index (χ3v) is 3.73. The van der Waals surface area contributed by atoms with Crippen LogP contribution in [0.15, 0.2) is 12.3 Å². The van der Waals surface area contributed by atoms with Gasteiger partial charge in [0.2, 0.25) is 0 Å². The molecule has 0 radical (unpaired) electrons. The summed E-state index contributed by atoms with van der Waals surface area (Å²) >= 11 is 0. The van der Waals surface area contributed by atoms with Crippen molar-refractivity contribution in [2.24, 2.45) is 0 Å². The number of aromatic nitrogens is 1. The highest BCUT2D eigenvalue weighted by Gasteiger charge is 2.33. The summed E-state index contributed by atoms with van der Waals surface area (Å²) in [5, 5.41) is 19.6. The van der Waals surface area contributed by atoms with Crippen molar-refractivity contribution >= 4 is 11.7 Å². The lowest BCUT2D eigenvalue weighted by molar-refractivity contribution is 0.0555. The number of rotatable bonds is 4. The predicted molar refractivity (Wildman–Crippen MR) is 72.6 cm³/mol. The Morgan fingerprint density at radius 1 is 1.47 bits per heavy atom. The van der Waals surface area contributed by atoms with Crippen molar-refractivity contribution in [1.82, 2.24) is 4.98 Å². The number of nitrogens with zero attached hydrogens (tertiary/aromatic N) is 2. The van der Waals surface area contributed by atoms with E-state index in [2.05, 4.69) is 4.98 Å². The summed E-state index contributed by atoms with van der Waals surface area (Å²) in [6.45, 7) is 2.28. The van der Waals surface area contributed by atoms with E-state index < -0.39 is 11.6 Å². The van der Waals surface area contributed by atoms with Crippen molar-refractivity contribution < 1.29 is 15.0 Å². The number of aromatic carboxylic acids is 1. The van der Waals surface area contributed by atoms with Gasteiger partial charge in [-0.05, 0) is 25.8 Å². The Bertz CT molecular complexity index is 482. The monoisotopic (exact) mass is 264 g/mol. The lowest BCUT2D eigenvalue weighted by Gasteiger charge is -2.30. The fourth-order valence-corrected chi connectivity index (χ4v) is 2.74. The Balaban J connectivity index is 2.24. The van der Waals surface area contributed by atoms with Gasteiger partial charge in [0.15, 0.2) is 0 Å². The molecule has 1 aromatic rings. The summed E-state index contributed by atoms with van der Waals surface area (Å²) in [6.07, 6.45) is 5.01. The van der Waals surface area contributed by atoms with Gasteiger partial charge < -0.3 is 15.1 Å². The Hall–Kier alpha value is -1.62. The first-order valence-electron chi connectivity index (χ1n) is 6.55. The zero-order valence-corrected chi connectivity index (χ0v) is 11.4. The van der Waals surface area contributed by atoms with Crippen LogP contribution in [-0.4, -0.2) is 40.4 Å². The average molecular weight is 264 g/mol. The third-order valence-electron chi connectivity index (χ3n) is 3.73. The molecule has 2 N–H and O–H groups in total. The zero-order valence-electron chi connectivity index (χ0n) is 11.4. The number of hydrogen-bond acceptors (Lipinski definition) is 4. The highest BCUT2D eigenvalue weighted by molar-refractivity contribution is 5.94. The SMILES string of the molecule is Cc1cc(N(C)CC2(O)CCCC2)c(C(=O)O)cn1. The molecule has 0 amide bonds. The molecule has 0 atom stereocenters. The van der Waals surface area contributed by atoms with Crippen molar-refractivity contribution in [2.75, 3.05) is 18.5 Å². The molecule has 1 aliphatic rings. The van der Waals surface area contributed by atoms with Crippen LogP contribution in [0.25, 0.3) is 0 Å². The van der Waals surface area contributed by atoms with Gasteiger partial charge in [0.1, 0.15) is 5.56 Å². The Morgan fingerprint density at radius 2 is 2.11 bits per heavy atom. The van der Waals surface area contributed by atoms with E-state index in [1.165, 1.54) is 6.20 Å². The van der Waals surface area contributed by atoms with Crippen molar-refractivity contribution in [2.45, 2.75) is 38.2 Å². The minimum absolute atomic E-state index is 0.176. The normalized spacial score (nSPS) is 17.4. The van der Waals surface area contributed by atoms with E-state index in [-0.39, 0.29) is 5.56 Å². The molecule has 1 fully saturated rings. The van der Waals surface area contributed by atoms with Gasteiger partial charge in [-0.15, -0.1) is 0 Å². The first-order chi connectivity index (χ1) is 8.91. The number of likely N-dealkylation sites (N-methyl/N-ethyl adjacent to an activating group) is 1. The molecule has 0 aromatic carbocycles. The van der Waals surface area contributed by atoms with Crippen LogP contribution in [-0.2, 0) is 0 Å². The summed E-state index contributed by atoms with van der Waals surface area (Å²) in [5.74, 6) is -0.993. The largest absolute Gasteiger partial charge is 0.478 e. The second kappa shape index (κ2) is 5.17. The molecule has 1 heterocycles. The highest BCUT2D eigenvalue weighted by Crippen LogP contribution is 2.32. The zero-order chi connectivity index (χ0) is 14.0. The van der Waals surface area contributed by atoms with Gasteiger partial charge in [-0.2, -0.15) is 0 Å². The molecule has 5 heteroatoms. The Labute approximate surface area is 112 Å². The summed E-state index contributed by atoms with van der Waals surface area (Å²) < 4.78 is 0. The van der Waals surface area contributed by atoms with Crippen molar-refractivity contribution in [3.63, 3.8) is 0 Å². The van der Waals surface area contributed by atoms with Crippen LogP contribution >= 0.6 is 0 Å². The van der Waals surface area contributed by atoms with Crippen molar-refractivity contribution in [3.05, 3.63) is 23.5 Å². The van der Waals surface area contributed by atoms with E-state index in [1.54, 1.807) is 6.07 Å². The molecule has 0 spiro atoms. The van der Waals surface area contributed by atoms with Gasteiger partial charge in [-0.1, -0.05) is 12.8 Å². The van der Waals surface area contributed by atoms with Crippen LogP contribution in [0.4, 0.5) is 5.69 Å². The van der Waals surface area contributed by atoms with Crippen molar-refractivity contribution in [3.8, 4) is 0 Å². The number of carbonyl (C=O) groups is 1. The van der Waals surface area contributed by atoms with E-state index in [0.29, 0.717) is 12.2 Å². The molecule has 19 heavy (non-hydrogen) atoms. The van der Waals surface area contributed by atoms with E-state index in [1.807, 2.05) is 18.9 Å². The summed E-state index contributed by atoms with van der Waals surface area (Å²) in [7, 11) is 1.82. The molecule has 0 saturated heterocycles. The maximum Gasteiger partial charge on any atom is 0.339 e. The Morgan fingerprint density at radius 3 is 2.68 bits per heavy atom. The number of carboxylic acid groups (broad SMARTS) is 1. The fourth-order valence-electron chi connectivity index (χ4n) is 2.74. The number of aryl methyl sites for hydroxylation is 1. The minimum atomic E-state index is -0.993. The summed E-state index contributed by atoms with van der Waals surface area (Å²) in [6, 6.07) is 1.75. The summed E-state index contributed by atoms with van der Waals surface area (Å²) in [4.78, 5) is 17.1. The van der Waals surface area contributed by atoms with E-state index in [9.17, 15) is 15.0 Å². The first kappa shape index (κ1) is 13.8. The van der Waals surface area contributed by atoms with E-state index in [0.717, 1.165) is 31.4 Å². The standard InChI is InChI=1S/C14H20N2O3/c1-10-7-12(11(8-15-10)13(17)18)16(2)9-14(19)5-3-4-6-14/h7-8,19H,3-6,9H2,1-2H3,(H,17,18). The molecule has 5 nitrogen and oxygen atoms in total. The lowest BCUT2D eigenvalue weighted by atomic mass is 10.0. The quantitative estimate of drug-likeness (QED) is 0.868. The van der Waals surface area contributed by atoms with Gasteiger partial charge in [-0.25, -0.2) is 4.79 Å². The molecule has 2 rings (SSSR count). The van der Waals surface area contributed by atoms with Gasteiger partial charge in [0.25, 0.3) is 0 Å². The van der Waals surface area contributed by atoms with Crippen LogP contribution in [0, 0.1) is 6.92 Å². The van der Waals surface area contributed by atoms with Crippen LogP contribution in [0.3, 0.4) is 0 Å². The van der Waals surface area contributed by atoms with Gasteiger partial charge >= 0.3 is 5.97 Å². The summed E-state index contributed by atoms with van der Waals surface area (Å²) in [5.41, 5.74) is 0.863. The number of hydrogen-bond donors (Lipinski definition) is 2. The number of pyridine rings is 1. The lowest BCUT2D eigenvalue weighted by Crippen LogP contribution is -2.39. The van der Waals surface area contributed by atoms with Crippen LogP contribution in [0.1, 0.15) is 41.7 Å². The molecule has 0 unspecified atom stereocenters. The molecule has 1 aromatic heterocycles. The first-order valence-corrected chi connectivity index (χ1v) is 6.55. The second-order valence-corrected chi connectivity index (χ2v) is 5.44. The van der Waals surface area contributed by atoms with Gasteiger partial charge in [0.05, 0.1) is 11.3 Å². The number of aliphatic hydroxyl groups is 1. The number of anilines is 1. The van der Waals surface area contributed by atoms with Gasteiger partial charge in [-0.3, -0.25) is 4.98 Å². The molecule has 104 valence electrons. The maximum absolute atomic E-state index is 11.2. The van der Waals surface area contributed by atoms with Crippen LogP contribution in [0.5, 0.6) is 0 Å². The molecular weight excluding hydrogens is 244 g/mol. The second-order valence-electron chi connectivity index (χ2n) is 5.44. The predicted octanol–water partition coefficient (Wildman–Crippen LogP) is 1.83. The smallest absolute Gasteiger partial charge is 0.339 e. The average Bonchev–Trinajstić information content (AvgIpc) is 2.75. The fraction of sp³-hybridized carbons (Fsp3) is 0.571. The van der Waals surface area contributed by atoms with Gasteiger partial charge in [0, 0.05) is 25.5 Å². The Kier molecular flexibility index (Phi) is 3.75. The number of carboxylic acids is 1. The molecular formula is C14H20N2O3. The van der Waals surface area contributed by atoms with Crippen LogP contribution < -0.4 is 4.90 Å². The van der Waals surface area contributed by atoms with Crippen LogP contribution in [0.2, 0.25) is 0 Å². The molecule has 0 aliphatic heterocycles. The molecule has 1 saturated carbocycles. The highest BCUT2D eigenvalue weighted by atomic mass is 16.4. The minimum Gasteiger partial charge on any atom is -0.478 e. The van der Waals surface area contributed by atoms with Crippen molar-refractivity contribution in [1.29, 1.82) is 0 Å². The molecule has 0 bridgehead atoms. The van der Waals surface area contributed by atoms with E-state index in [4.69, 9.17) is 0 Å². The topological polar surface area (TPSA) is 73.7 Å². The maximum atomic E-state index is 11.2. The third kappa shape index (κ3) is 3.04.